The summed E-state index contributed by atoms with van der Waals surface area (Å²) in [6.45, 7) is -5.01. The second-order valence-electron chi connectivity index (χ2n) is 16.6. The highest BCUT2D eigenvalue weighted by atomic mass is 16.8. The number of hydrogen-bond donors (Lipinski definition) is 24. The first-order chi connectivity index (χ1) is 32.4. The van der Waals surface area contributed by atoms with Gasteiger partial charge in [0.25, 0.3) is 0 Å². The smallest absolute Gasteiger partial charge is 0.224 e. The zero-order valence-corrected chi connectivity index (χ0v) is 36.0. The molecule has 33 nitrogen and oxygen atoms in total. The van der Waals surface area contributed by atoms with Gasteiger partial charge in [0.1, 0.15) is 147 Å². The van der Waals surface area contributed by atoms with E-state index in [1.807, 2.05) is 0 Å². The Morgan fingerprint density at radius 3 is 0.928 bits per heavy atom. The summed E-state index contributed by atoms with van der Waals surface area (Å²) in [4.78, 5) is 0. The Bertz CT molecular complexity index is 1420. The van der Waals surface area contributed by atoms with E-state index in [0.29, 0.717) is 0 Å². The van der Waals surface area contributed by atoms with Crippen LogP contribution in [0.2, 0.25) is 0 Å². The molecule has 0 amide bonds. The molecule has 69 heavy (non-hydrogen) atoms. The minimum absolute atomic E-state index is 0.667. The van der Waals surface area contributed by atoms with Crippen LogP contribution < -0.4 is 0 Å². The normalized spacial score (nSPS) is 51.5. The van der Waals surface area contributed by atoms with E-state index in [1.165, 1.54) is 0 Å². The first-order valence-corrected chi connectivity index (χ1v) is 21.2. The minimum Gasteiger partial charge on any atom is -0.394 e. The van der Waals surface area contributed by atoms with Crippen LogP contribution in [0, 0.1) is 0 Å². The molecule has 0 radical (unpaired) electrons. The monoisotopic (exact) mass is 1030 g/mol. The lowest BCUT2D eigenvalue weighted by Gasteiger charge is -2.45. The van der Waals surface area contributed by atoms with Crippen LogP contribution in [0.1, 0.15) is 0 Å². The van der Waals surface area contributed by atoms with Crippen LogP contribution in [-0.2, 0) is 42.6 Å². The van der Waals surface area contributed by atoms with Crippen LogP contribution in [0.3, 0.4) is 0 Å². The molecule has 0 saturated carbocycles. The molecule has 0 unspecified atom stereocenters. The molecule has 6 fully saturated rings. The summed E-state index contributed by atoms with van der Waals surface area (Å²) in [5, 5.41) is 230. The molecule has 0 aliphatic carbocycles. The van der Waals surface area contributed by atoms with E-state index in [1.54, 1.807) is 0 Å². The van der Waals surface area contributed by atoms with Crippen molar-refractivity contribution in [2.75, 3.05) is 46.2 Å². The largest absolute Gasteiger partial charge is 0.394 e. The van der Waals surface area contributed by atoms with Crippen molar-refractivity contribution in [3.05, 3.63) is 0 Å². The number of aliphatic hydroxyl groups excluding tert-OH is 24. The molecule has 33 heteroatoms. The number of hydrogen-bond acceptors (Lipinski definition) is 33. The highest BCUT2D eigenvalue weighted by Crippen LogP contribution is 2.36. The molecule has 6 aliphatic heterocycles. The zero-order valence-electron chi connectivity index (χ0n) is 36.0. The van der Waals surface area contributed by atoms with Crippen LogP contribution in [0.15, 0.2) is 0 Å². The predicted octanol–water partition coefficient (Wildman–Crippen LogP) is -16.2. The summed E-state index contributed by atoms with van der Waals surface area (Å²) < 4.78 is 46.0. The van der Waals surface area contributed by atoms with Crippen molar-refractivity contribution in [2.45, 2.75) is 178 Å². The standard InChI is InChI=1S/3C12H22O11/c13-1-4-6(16)8(18)9(19)11(21-4)23-12(3-15)10(20)7(17)5(2-14)22-12;2*13-1-3-5(15)6(16)9(19)12(22-3)23-10-4(2-14)21-11(20)8(18)7(10)17/h4-11,13-20H,1-3H2;2*3-20H,1-2H2/t4-,5-,6-,7-,8+,9-,10+,11-,12+;3-,4-,5+,6+,7-,8-,9-,10-,11-,12+;3-,4-,5-,6+,7-,8-,9-,10-,11-,12-/m111/s1. The van der Waals surface area contributed by atoms with E-state index in [-0.39, 0.29) is 0 Å². The Morgan fingerprint density at radius 1 is 0.304 bits per heavy atom. The molecule has 6 rings (SSSR count). The fourth-order valence-corrected chi connectivity index (χ4v) is 7.77. The van der Waals surface area contributed by atoms with E-state index < -0.39 is 224 Å². The fourth-order valence-electron chi connectivity index (χ4n) is 7.77. The first kappa shape index (κ1) is 60.2. The fraction of sp³-hybridized carbons (Fsp3) is 1.00. The third-order valence-corrected chi connectivity index (χ3v) is 12.0. The second kappa shape index (κ2) is 26.3. The highest BCUT2D eigenvalue weighted by Gasteiger charge is 2.59. The molecule has 0 aromatic heterocycles. The van der Waals surface area contributed by atoms with E-state index in [0.717, 1.165) is 0 Å². The van der Waals surface area contributed by atoms with Crippen molar-refractivity contribution in [1.82, 2.24) is 0 Å². The third kappa shape index (κ3) is 13.1. The van der Waals surface area contributed by atoms with Crippen LogP contribution in [0.5, 0.6) is 0 Å². The van der Waals surface area contributed by atoms with Gasteiger partial charge in [-0.2, -0.15) is 0 Å². The molecule has 0 bridgehead atoms. The molecule has 24 N–H and O–H groups in total. The summed E-state index contributed by atoms with van der Waals surface area (Å²) in [6, 6.07) is 0. The van der Waals surface area contributed by atoms with Gasteiger partial charge in [0.05, 0.1) is 39.6 Å². The summed E-state index contributed by atoms with van der Waals surface area (Å²) in [7, 11) is 0. The van der Waals surface area contributed by atoms with Gasteiger partial charge in [-0.3, -0.25) is 0 Å². The molecule has 408 valence electrons. The maximum Gasteiger partial charge on any atom is 0.224 e. The van der Waals surface area contributed by atoms with Gasteiger partial charge in [-0.25, -0.2) is 0 Å². The summed E-state index contributed by atoms with van der Waals surface area (Å²) in [5.41, 5.74) is 0. The Kier molecular flexibility index (Phi) is 22.9. The number of rotatable bonds is 13. The number of ether oxygens (including phenoxy) is 9. The Morgan fingerprint density at radius 2 is 0.623 bits per heavy atom. The molecule has 6 heterocycles. The van der Waals surface area contributed by atoms with Crippen LogP contribution in [0.25, 0.3) is 0 Å². The maximum atomic E-state index is 10.00. The SMILES string of the molecule is OC[C@H]1O[C@@H](O[C@H]2[C@H](O)[C@@H](O)[C@H](O)O[C@@H]2CO)[C@H](O)[C@@H](O)[C@H]1O.OC[C@H]1O[C@@](CO)(O[C@H]2O[C@H](CO)[C@@H](O)[C@H](O)[C@H]2O)[C@@H](O)[C@@H]1O.OC[C@H]1O[C@H](O[C@H]2[C@H](O)[C@@H](O)[C@H](O)O[C@@H]2CO)[C@H](O)[C@@H](O)[C@@H]1O. The topological polar surface area (TPSA) is 569 Å². The van der Waals surface area contributed by atoms with Crippen molar-refractivity contribution in [1.29, 1.82) is 0 Å². The molecular weight excluding hydrogens is 960 g/mol. The van der Waals surface area contributed by atoms with Gasteiger partial charge in [-0.1, -0.05) is 0 Å². The second-order valence-corrected chi connectivity index (χ2v) is 16.6. The first-order valence-electron chi connectivity index (χ1n) is 21.2. The quantitative estimate of drug-likeness (QED) is 0.0814. The lowest BCUT2D eigenvalue weighted by molar-refractivity contribution is -0.383. The minimum atomic E-state index is -2.22. The number of aliphatic hydroxyl groups is 24. The van der Waals surface area contributed by atoms with Crippen molar-refractivity contribution in [2.24, 2.45) is 0 Å². The van der Waals surface area contributed by atoms with Crippen molar-refractivity contribution >= 4 is 0 Å². The van der Waals surface area contributed by atoms with Gasteiger partial charge >= 0.3 is 0 Å². The predicted molar refractivity (Wildman–Crippen MR) is 206 cm³/mol. The van der Waals surface area contributed by atoms with E-state index in [9.17, 15) is 102 Å². The highest BCUT2D eigenvalue weighted by molar-refractivity contribution is 4.99. The molecular formula is C36H66O33. The Labute approximate surface area is 389 Å². The van der Waals surface area contributed by atoms with E-state index >= 15 is 0 Å². The van der Waals surface area contributed by atoms with Crippen molar-refractivity contribution < 1.29 is 165 Å². The molecule has 6 aliphatic rings. The van der Waals surface area contributed by atoms with Gasteiger partial charge in [-0.05, 0) is 0 Å². The van der Waals surface area contributed by atoms with Crippen molar-refractivity contribution in [3.8, 4) is 0 Å². The van der Waals surface area contributed by atoms with Gasteiger partial charge in [-0.15, -0.1) is 0 Å². The molecule has 6 saturated heterocycles. The lowest BCUT2D eigenvalue weighted by Crippen LogP contribution is -2.64. The van der Waals surface area contributed by atoms with Gasteiger partial charge < -0.3 is 165 Å². The van der Waals surface area contributed by atoms with Crippen LogP contribution in [0.4, 0.5) is 0 Å². The Balaban J connectivity index is 0.000000225. The third-order valence-electron chi connectivity index (χ3n) is 12.0. The van der Waals surface area contributed by atoms with Gasteiger partial charge in [0, 0.05) is 0 Å². The summed E-state index contributed by atoms with van der Waals surface area (Å²) in [6.07, 6.45) is -43.8. The van der Waals surface area contributed by atoms with E-state index in [4.69, 9.17) is 63.1 Å². The average molecular weight is 1030 g/mol. The maximum absolute atomic E-state index is 10.00. The summed E-state index contributed by atoms with van der Waals surface area (Å²) >= 11 is 0. The molecule has 0 aromatic rings. The molecule has 0 spiro atoms. The molecule has 0 aromatic carbocycles. The molecule has 29 atom stereocenters. The van der Waals surface area contributed by atoms with Gasteiger partial charge in [0.15, 0.2) is 31.5 Å². The Hall–Kier alpha value is -1.32. The van der Waals surface area contributed by atoms with Crippen molar-refractivity contribution in [3.63, 3.8) is 0 Å². The lowest BCUT2D eigenvalue weighted by atomic mass is 9.97. The van der Waals surface area contributed by atoms with Crippen LogP contribution >= 0.6 is 0 Å². The van der Waals surface area contributed by atoms with Gasteiger partial charge in [0.2, 0.25) is 5.79 Å². The van der Waals surface area contributed by atoms with E-state index in [2.05, 4.69) is 0 Å². The van der Waals surface area contributed by atoms with Crippen LogP contribution in [-0.4, -0.2) is 346 Å². The zero-order chi connectivity index (χ0) is 52.0. The summed E-state index contributed by atoms with van der Waals surface area (Å²) in [5.74, 6) is -2.22. The average Bonchev–Trinajstić information content (AvgIpc) is 3.59.